The first-order chi connectivity index (χ1) is 8.67. The van der Waals surface area contributed by atoms with Crippen molar-refractivity contribution in [1.29, 1.82) is 0 Å². The minimum Gasteiger partial charge on any atom is -0.480 e. The van der Waals surface area contributed by atoms with E-state index >= 15 is 0 Å². The Labute approximate surface area is 106 Å². The lowest BCUT2D eigenvalue weighted by Crippen LogP contribution is -2.31. The number of anilines is 1. The minimum absolute atomic E-state index is 0.129. The van der Waals surface area contributed by atoms with Gasteiger partial charge in [0.05, 0.1) is 13.2 Å². The van der Waals surface area contributed by atoms with Crippen molar-refractivity contribution in [3.8, 4) is 18.2 Å². The minimum atomic E-state index is -0.992. The molecule has 0 aliphatic heterocycles. The third-order valence-electron chi connectivity index (χ3n) is 1.96. The number of carboxylic acid groups (broad SMARTS) is 1. The van der Waals surface area contributed by atoms with E-state index in [1.54, 1.807) is 6.07 Å². The predicted molar refractivity (Wildman–Crippen MR) is 66.5 cm³/mol. The van der Waals surface area contributed by atoms with E-state index in [1.807, 2.05) is 6.92 Å². The molecule has 1 N–H and O–H groups in total. The number of rotatable bonds is 7. The average Bonchev–Trinajstić information content (AvgIpc) is 2.36. The second kappa shape index (κ2) is 7.12. The van der Waals surface area contributed by atoms with Crippen LogP contribution in [0.25, 0.3) is 0 Å². The smallest absolute Gasteiger partial charge is 0.323 e. The fraction of sp³-hybridized carbons (Fsp3) is 0.417. The molecule has 0 aliphatic carbocycles. The number of nitrogens with zero attached hydrogens (tertiary/aromatic N) is 3. The molecule has 0 saturated carbocycles. The number of hydrogen-bond donors (Lipinski definition) is 1. The molecule has 1 rings (SSSR count). The maximum atomic E-state index is 10.7. The summed E-state index contributed by atoms with van der Waals surface area (Å²) < 4.78 is 5.35. The van der Waals surface area contributed by atoms with Crippen LogP contribution in [0.3, 0.4) is 0 Å². The van der Waals surface area contributed by atoms with Crippen molar-refractivity contribution in [3.63, 3.8) is 0 Å². The predicted octanol–water partition coefficient (Wildman–Crippen LogP) is 0.790. The highest BCUT2D eigenvalue weighted by atomic mass is 16.5. The van der Waals surface area contributed by atoms with Gasteiger partial charge >= 0.3 is 5.97 Å². The Bertz CT molecular complexity index is 442. The molecule has 96 valence electrons. The van der Waals surface area contributed by atoms with Gasteiger partial charge in [0.2, 0.25) is 11.8 Å². The lowest BCUT2D eigenvalue weighted by atomic mass is 10.5. The molecule has 1 aromatic heterocycles. The highest BCUT2D eigenvalue weighted by Crippen LogP contribution is 2.12. The van der Waals surface area contributed by atoms with E-state index in [2.05, 4.69) is 15.9 Å². The van der Waals surface area contributed by atoms with Gasteiger partial charge in [-0.05, 0) is 6.42 Å². The first kappa shape index (κ1) is 13.8. The van der Waals surface area contributed by atoms with Crippen LogP contribution in [-0.2, 0) is 4.79 Å². The summed E-state index contributed by atoms with van der Waals surface area (Å²) in [6, 6.07) is 1.62. The van der Waals surface area contributed by atoms with Gasteiger partial charge in [-0.2, -0.15) is 4.98 Å². The number of carbonyl (C=O) groups is 1. The summed E-state index contributed by atoms with van der Waals surface area (Å²) in [6.07, 6.45) is 7.57. The summed E-state index contributed by atoms with van der Waals surface area (Å²) in [5, 5.41) is 8.79. The summed E-state index contributed by atoms with van der Waals surface area (Å²) >= 11 is 0. The highest BCUT2D eigenvalue weighted by molar-refractivity contribution is 5.72. The summed E-state index contributed by atoms with van der Waals surface area (Å²) in [5.41, 5.74) is 0. The number of terminal acetylenes is 1. The van der Waals surface area contributed by atoms with Gasteiger partial charge in [-0.1, -0.05) is 12.8 Å². The first-order valence-electron chi connectivity index (χ1n) is 5.53. The fourth-order valence-corrected chi connectivity index (χ4v) is 1.24. The third kappa shape index (κ3) is 4.29. The number of ether oxygens (including phenoxy) is 1. The van der Waals surface area contributed by atoms with Crippen molar-refractivity contribution in [2.75, 3.05) is 24.6 Å². The lowest BCUT2D eigenvalue weighted by Gasteiger charge is -2.17. The molecular formula is C12H15N3O3. The largest absolute Gasteiger partial charge is 0.480 e. The van der Waals surface area contributed by atoms with Crippen molar-refractivity contribution in [2.24, 2.45) is 0 Å². The summed E-state index contributed by atoms with van der Waals surface area (Å²) in [7, 11) is 0. The Morgan fingerprint density at radius 3 is 3.06 bits per heavy atom. The zero-order valence-electron chi connectivity index (χ0n) is 10.2. The highest BCUT2D eigenvalue weighted by Gasteiger charge is 2.13. The van der Waals surface area contributed by atoms with Crippen LogP contribution in [0.5, 0.6) is 5.88 Å². The van der Waals surface area contributed by atoms with E-state index in [1.165, 1.54) is 11.1 Å². The van der Waals surface area contributed by atoms with E-state index in [4.69, 9.17) is 16.3 Å². The number of aliphatic carboxylic acids is 1. The lowest BCUT2D eigenvalue weighted by molar-refractivity contribution is -0.135. The van der Waals surface area contributed by atoms with Gasteiger partial charge in [0.25, 0.3) is 0 Å². The Balaban J connectivity index is 2.83. The standard InChI is InChI=1S/C12H15N3O3/c1-3-7-15(9-11(16)17)12-13-6-5-10(14-12)18-8-4-2/h1,5-6H,4,7-9H2,2H3,(H,16,17). The fourth-order valence-electron chi connectivity index (χ4n) is 1.24. The SMILES string of the molecule is C#CCN(CC(=O)O)c1nccc(OCCC)n1. The zero-order chi connectivity index (χ0) is 13.4. The van der Waals surface area contributed by atoms with Gasteiger partial charge in [0.1, 0.15) is 6.54 Å². The molecule has 6 nitrogen and oxygen atoms in total. The van der Waals surface area contributed by atoms with E-state index < -0.39 is 5.97 Å². The monoisotopic (exact) mass is 249 g/mol. The van der Waals surface area contributed by atoms with Crippen molar-refractivity contribution in [1.82, 2.24) is 9.97 Å². The van der Waals surface area contributed by atoms with Crippen LogP contribution < -0.4 is 9.64 Å². The van der Waals surface area contributed by atoms with Gasteiger partial charge in [-0.15, -0.1) is 6.42 Å². The summed E-state index contributed by atoms with van der Waals surface area (Å²) in [4.78, 5) is 20.2. The van der Waals surface area contributed by atoms with Crippen LogP contribution in [0.4, 0.5) is 5.95 Å². The first-order valence-corrected chi connectivity index (χ1v) is 5.53. The van der Waals surface area contributed by atoms with Crippen LogP contribution in [0.15, 0.2) is 12.3 Å². The second-order valence-corrected chi connectivity index (χ2v) is 3.50. The van der Waals surface area contributed by atoms with Gasteiger partial charge in [0.15, 0.2) is 0 Å². The van der Waals surface area contributed by atoms with Crippen LogP contribution >= 0.6 is 0 Å². The molecule has 0 saturated heterocycles. The molecule has 0 fully saturated rings. The maximum Gasteiger partial charge on any atom is 0.323 e. The average molecular weight is 249 g/mol. The van der Waals surface area contributed by atoms with Crippen molar-refractivity contribution < 1.29 is 14.6 Å². The van der Waals surface area contributed by atoms with Crippen LogP contribution in [-0.4, -0.2) is 40.7 Å². The van der Waals surface area contributed by atoms with Gasteiger partial charge in [-0.3, -0.25) is 4.79 Å². The Hall–Kier alpha value is -2.29. The maximum absolute atomic E-state index is 10.7. The Morgan fingerprint density at radius 1 is 1.67 bits per heavy atom. The van der Waals surface area contributed by atoms with Crippen LogP contribution in [0.2, 0.25) is 0 Å². The van der Waals surface area contributed by atoms with Crippen molar-refractivity contribution in [2.45, 2.75) is 13.3 Å². The number of hydrogen-bond acceptors (Lipinski definition) is 5. The molecule has 0 aliphatic rings. The molecule has 0 aromatic carbocycles. The molecule has 0 bridgehead atoms. The van der Waals surface area contributed by atoms with Gasteiger partial charge in [-0.25, -0.2) is 4.98 Å². The molecular weight excluding hydrogens is 234 g/mol. The molecule has 1 aromatic rings. The summed E-state index contributed by atoms with van der Waals surface area (Å²) in [6.45, 7) is 2.41. The van der Waals surface area contributed by atoms with Gasteiger partial charge in [0, 0.05) is 12.3 Å². The van der Waals surface area contributed by atoms with E-state index in [0.29, 0.717) is 12.5 Å². The van der Waals surface area contributed by atoms with Crippen molar-refractivity contribution in [3.05, 3.63) is 12.3 Å². The number of aromatic nitrogens is 2. The van der Waals surface area contributed by atoms with Crippen molar-refractivity contribution >= 4 is 11.9 Å². The van der Waals surface area contributed by atoms with E-state index in [-0.39, 0.29) is 19.0 Å². The normalized spacial score (nSPS) is 9.56. The molecule has 0 amide bonds. The zero-order valence-corrected chi connectivity index (χ0v) is 10.2. The topological polar surface area (TPSA) is 75.6 Å². The van der Waals surface area contributed by atoms with E-state index in [0.717, 1.165) is 6.42 Å². The molecule has 18 heavy (non-hydrogen) atoms. The Kier molecular flexibility index (Phi) is 5.45. The molecule has 1 heterocycles. The molecule has 0 unspecified atom stereocenters. The van der Waals surface area contributed by atoms with Gasteiger partial charge < -0.3 is 14.7 Å². The quantitative estimate of drug-likeness (QED) is 0.720. The Morgan fingerprint density at radius 2 is 2.44 bits per heavy atom. The molecule has 6 heteroatoms. The van der Waals surface area contributed by atoms with Crippen LogP contribution in [0.1, 0.15) is 13.3 Å². The van der Waals surface area contributed by atoms with E-state index in [9.17, 15) is 4.79 Å². The third-order valence-corrected chi connectivity index (χ3v) is 1.96. The molecule has 0 spiro atoms. The van der Waals surface area contributed by atoms with Crippen LogP contribution in [0, 0.1) is 12.3 Å². The molecule has 0 atom stereocenters. The number of carboxylic acids is 1. The summed E-state index contributed by atoms with van der Waals surface area (Å²) in [5.74, 6) is 2.05. The molecule has 0 radical (unpaired) electrons. The second-order valence-electron chi connectivity index (χ2n) is 3.50.